The number of benzene rings is 2. The van der Waals surface area contributed by atoms with E-state index in [4.69, 9.17) is 5.73 Å². The number of nitrogens with zero attached hydrogens (tertiary/aromatic N) is 5. The molecular formula is C25H26N6O. The first-order valence-electron chi connectivity index (χ1n) is 10.4. The normalized spacial score (nSPS) is 13.5. The van der Waals surface area contributed by atoms with Gasteiger partial charge in [-0.25, -0.2) is 4.99 Å². The van der Waals surface area contributed by atoms with Crippen molar-refractivity contribution in [2.75, 3.05) is 0 Å². The van der Waals surface area contributed by atoms with Gasteiger partial charge in [0.2, 0.25) is 0 Å². The zero-order valence-corrected chi connectivity index (χ0v) is 18.6. The van der Waals surface area contributed by atoms with Crippen molar-refractivity contribution in [3.63, 3.8) is 0 Å². The summed E-state index contributed by atoms with van der Waals surface area (Å²) in [5, 5.41) is 5.79. The van der Waals surface area contributed by atoms with Crippen LogP contribution in [-0.2, 0) is 7.05 Å². The average Bonchev–Trinajstić information content (AvgIpc) is 3.19. The summed E-state index contributed by atoms with van der Waals surface area (Å²) in [6.45, 7) is 5.48. The highest BCUT2D eigenvalue weighted by atomic mass is 16.1. The van der Waals surface area contributed by atoms with Crippen LogP contribution in [0.3, 0.4) is 0 Å². The number of nitrogens with two attached hydrogens (primary N) is 1. The van der Waals surface area contributed by atoms with Crippen molar-refractivity contribution in [2.24, 2.45) is 22.8 Å². The van der Waals surface area contributed by atoms with Gasteiger partial charge in [0.25, 0.3) is 5.56 Å². The van der Waals surface area contributed by atoms with E-state index >= 15 is 0 Å². The highest BCUT2D eigenvalue weighted by Crippen LogP contribution is 2.29. The third kappa shape index (κ3) is 4.09. The quantitative estimate of drug-likeness (QED) is 0.391. The van der Waals surface area contributed by atoms with Crippen molar-refractivity contribution in [1.29, 1.82) is 0 Å². The molecule has 0 aliphatic carbocycles. The van der Waals surface area contributed by atoms with Crippen molar-refractivity contribution in [3.05, 3.63) is 83.0 Å². The Morgan fingerprint density at radius 3 is 2.50 bits per heavy atom. The van der Waals surface area contributed by atoms with E-state index in [1.54, 1.807) is 29.3 Å². The highest BCUT2D eigenvalue weighted by molar-refractivity contribution is 5.96. The van der Waals surface area contributed by atoms with Crippen molar-refractivity contribution < 1.29 is 0 Å². The number of hydrogen-bond donors (Lipinski definition) is 1. The number of hydrogen-bond acceptors (Lipinski definition) is 3. The molecule has 0 saturated carbocycles. The SMILES string of the molecule is CC(N)=NC(C)=NC(C)c1cc2cccc(-c3cnn(C)c3)c2c(=O)n1-c1ccccc1. The lowest BCUT2D eigenvalue weighted by molar-refractivity contribution is 0.735. The van der Waals surface area contributed by atoms with Gasteiger partial charge >= 0.3 is 0 Å². The van der Waals surface area contributed by atoms with E-state index in [0.717, 1.165) is 27.9 Å². The van der Waals surface area contributed by atoms with Gasteiger partial charge in [0.05, 0.1) is 29.2 Å². The van der Waals surface area contributed by atoms with Gasteiger partial charge in [-0.1, -0.05) is 36.4 Å². The fraction of sp³-hybridized carbons (Fsp3) is 0.200. The third-order valence-electron chi connectivity index (χ3n) is 5.25. The lowest BCUT2D eigenvalue weighted by Crippen LogP contribution is -2.23. The van der Waals surface area contributed by atoms with Gasteiger partial charge in [-0.2, -0.15) is 5.10 Å². The summed E-state index contributed by atoms with van der Waals surface area (Å²) >= 11 is 0. The van der Waals surface area contributed by atoms with E-state index in [2.05, 4.69) is 15.1 Å². The van der Waals surface area contributed by atoms with Gasteiger partial charge in [-0.05, 0) is 49.9 Å². The van der Waals surface area contributed by atoms with Crippen LogP contribution >= 0.6 is 0 Å². The number of fused-ring (bicyclic) bond motifs is 1. The molecule has 2 aromatic carbocycles. The molecule has 0 fully saturated rings. The second-order valence-electron chi connectivity index (χ2n) is 7.82. The molecule has 7 heteroatoms. The zero-order chi connectivity index (χ0) is 22.8. The van der Waals surface area contributed by atoms with Crippen LogP contribution in [0.5, 0.6) is 0 Å². The smallest absolute Gasteiger partial charge is 0.263 e. The van der Waals surface area contributed by atoms with Crippen molar-refractivity contribution >= 4 is 22.4 Å². The monoisotopic (exact) mass is 426 g/mol. The van der Waals surface area contributed by atoms with Gasteiger partial charge < -0.3 is 5.73 Å². The Morgan fingerprint density at radius 1 is 1.09 bits per heavy atom. The predicted octanol–water partition coefficient (Wildman–Crippen LogP) is 4.25. The standard InChI is InChI=1S/C25H26N6O/c1-16(28-18(3)29-17(2)26)23-13-19-9-8-12-22(20-14-27-30(4)15-20)24(19)25(32)31(23)21-10-6-5-7-11-21/h5-16H,1-4H3,(H2,26,28,29). The molecule has 0 bridgehead atoms. The van der Waals surface area contributed by atoms with Crippen LogP contribution in [0.1, 0.15) is 32.5 Å². The van der Waals surface area contributed by atoms with E-state index in [1.165, 1.54) is 0 Å². The molecule has 0 spiro atoms. The first-order chi connectivity index (χ1) is 15.3. The zero-order valence-electron chi connectivity index (χ0n) is 18.6. The number of pyridine rings is 1. The molecule has 1 unspecified atom stereocenters. The largest absolute Gasteiger partial charge is 0.387 e. The number of aromatic nitrogens is 3. The minimum absolute atomic E-state index is 0.0960. The Labute approximate surface area is 186 Å². The van der Waals surface area contributed by atoms with Crippen LogP contribution in [0.4, 0.5) is 0 Å². The summed E-state index contributed by atoms with van der Waals surface area (Å²) in [5.74, 6) is 1.01. The second kappa shape index (κ2) is 8.63. The van der Waals surface area contributed by atoms with Crippen LogP contribution in [0, 0.1) is 0 Å². The maximum Gasteiger partial charge on any atom is 0.263 e. The molecule has 32 heavy (non-hydrogen) atoms. The van der Waals surface area contributed by atoms with Crippen molar-refractivity contribution in [2.45, 2.75) is 26.8 Å². The topological polar surface area (TPSA) is 90.6 Å². The Balaban J connectivity index is 2.03. The molecule has 0 amide bonds. The van der Waals surface area contributed by atoms with Gasteiger partial charge in [-0.3, -0.25) is 19.0 Å². The fourth-order valence-electron chi connectivity index (χ4n) is 3.96. The van der Waals surface area contributed by atoms with Gasteiger partial charge in [0.1, 0.15) is 5.84 Å². The lowest BCUT2D eigenvalue weighted by atomic mass is 10.00. The molecule has 4 aromatic rings. The van der Waals surface area contributed by atoms with Crippen molar-refractivity contribution in [3.8, 4) is 16.8 Å². The van der Waals surface area contributed by atoms with Crippen LogP contribution in [0.25, 0.3) is 27.6 Å². The molecule has 0 aliphatic rings. The number of rotatable bonds is 4. The molecule has 2 heterocycles. The number of para-hydroxylation sites is 1. The first kappa shape index (κ1) is 21.2. The van der Waals surface area contributed by atoms with Gasteiger partial charge in [0.15, 0.2) is 0 Å². The summed E-state index contributed by atoms with van der Waals surface area (Å²) in [6, 6.07) is 17.2. The maximum absolute atomic E-state index is 14.0. The molecule has 0 radical (unpaired) electrons. The highest BCUT2D eigenvalue weighted by Gasteiger charge is 2.18. The van der Waals surface area contributed by atoms with Crippen LogP contribution in [0.15, 0.2) is 81.8 Å². The molecular weight excluding hydrogens is 400 g/mol. The van der Waals surface area contributed by atoms with E-state index in [0.29, 0.717) is 17.1 Å². The molecule has 162 valence electrons. The predicted molar refractivity (Wildman–Crippen MR) is 131 cm³/mol. The van der Waals surface area contributed by atoms with Gasteiger partial charge in [-0.15, -0.1) is 0 Å². The lowest BCUT2D eigenvalue weighted by Gasteiger charge is -2.19. The van der Waals surface area contributed by atoms with Crippen LogP contribution in [-0.4, -0.2) is 26.0 Å². The van der Waals surface area contributed by atoms with E-state index < -0.39 is 0 Å². The van der Waals surface area contributed by atoms with E-state index in [9.17, 15) is 4.79 Å². The Kier molecular flexibility index (Phi) is 5.73. The minimum atomic E-state index is -0.308. The molecule has 4 rings (SSSR count). The summed E-state index contributed by atoms with van der Waals surface area (Å²) in [5.41, 5.74) is 8.93. The summed E-state index contributed by atoms with van der Waals surface area (Å²) < 4.78 is 3.47. The average molecular weight is 427 g/mol. The Bertz CT molecular complexity index is 1390. The van der Waals surface area contributed by atoms with Crippen LogP contribution in [0.2, 0.25) is 0 Å². The first-order valence-corrected chi connectivity index (χ1v) is 10.4. The summed E-state index contributed by atoms with van der Waals surface area (Å²) in [6.07, 6.45) is 3.69. The third-order valence-corrected chi connectivity index (χ3v) is 5.25. The summed E-state index contributed by atoms with van der Waals surface area (Å²) in [7, 11) is 1.86. The number of aryl methyl sites for hydroxylation is 1. The molecule has 2 aromatic heterocycles. The number of amidine groups is 2. The molecule has 1 atom stereocenters. The Hall–Kier alpha value is -4.00. The van der Waals surface area contributed by atoms with Crippen LogP contribution < -0.4 is 11.3 Å². The van der Waals surface area contributed by atoms with Gasteiger partial charge in [0, 0.05) is 24.5 Å². The molecule has 0 saturated heterocycles. The Morgan fingerprint density at radius 2 is 1.84 bits per heavy atom. The molecule has 2 N–H and O–H groups in total. The second-order valence-corrected chi connectivity index (χ2v) is 7.82. The molecule has 0 aliphatic heterocycles. The minimum Gasteiger partial charge on any atom is -0.387 e. The summed E-state index contributed by atoms with van der Waals surface area (Å²) in [4.78, 5) is 22.9. The van der Waals surface area contributed by atoms with E-state index in [-0.39, 0.29) is 11.6 Å². The maximum atomic E-state index is 14.0. The number of aliphatic imine (C=N–C) groups is 2. The molecule has 7 nitrogen and oxygen atoms in total. The van der Waals surface area contributed by atoms with Crippen molar-refractivity contribution in [1.82, 2.24) is 14.3 Å². The fourth-order valence-corrected chi connectivity index (χ4v) is 3.96. The van der Waals surface area contributed by atoms with E-state index in [1.807, 2.05) is 74.8 Å².